The minimum Gasteiger partial charge on any atom is -0.496 e. The lowest BCUT2D eigenvalue weighted by Gasteiger charge is -2.13. The molecule has 0 fully saturated rings. The van der Waals surface area contributed by atoms with E-state index in [1.165, 1.54) is 0 Å². The van der Waals surface area contributed by atoms with E-state index in [4.69, 9.17) is 51.1 Å². The third kappa shape index (κ3) is 3.64. The Hall–Kier alpha value is -0.800. The van der Waals surface area contributed by atoms with Crippen LogP contribution in [0.15, 0.2) is 30.3 Å². The summed E-state index contributed by atoms with van der Waals surface area (Å²) < 4.78 is 5.28. The maximum absolute atomic E-state index is 6.11. The summed E-state index contributed by atoms with van der Waals surface area (Å²) in [7, 11) is 1.61. The zero-order valence-electron chi connectivity index (χ0n) is 10.5. The maximum Gasteiger partial charge on any atom is 0.123 e. The Bertz CT molecular complexity index is 631. The van der Waals surface area contributed by atoms with Gasteiger partial charge >= 0.3 is 0 Å². The number of hydrogen-bond acceptors (Lipinski definition) is 2. The minimum atomic E-state index is 0.419. The molecule has 0 heterocycles. The highest BCUT2D eigenvalue weighted by atomic mass is 35.5. The summed E-state index contributed by atoms with van der Waals surface area (Å²) in [5.74, 6) is 0.748. The summed E-state index contributed by atoms with van der Waals surface area (Å²) in [6, 6.07) is 8.71. The molecule has 1 N–H and O–H groups in total. The van der Waals surface area contributed by atoms with Gasteiger partial charge < -0.3 is 10.1 Å². The first-order valence-corrected chi connectivity index (χ1v) is 7.23. The maximum atomic E-state index is 6.11. The van der Waals surface area contributed by atoms with Gasteiger partial charge in [-0.1, -0.05) is 46.4 Å². The molecule has 106 valence electrons. The predicted molar refractivity (Wildman–Crippen MR) is 86.8 cm³/mol. The van der Waals surface area contributed by atoms with Crippen LogP contribution in [-0.4, -0.2) is 7.11 Å². The van der Waals surface area contributed by atoms with Crippen molar-refractivity contribution in [2.24, 2.45) is 0 Å². The second-order valence-electron chi connectivity index (χ2n) is 4.06. The van der Waals surface area contributed by atoms with Gasteiger partial charge in [0, 0.05) is 17.1 Å². The molecule has 0 aliphatic heterocycles. The van der Waals surface area contributed by atoms with Crippen LogP contribution in [0.5, 0.6) is 5.75 Å². The highest BCUT2D eigenvalue weighted by Crippen LogP contribution is 2.33. The summed E-state index contributed by atoms with van der Waals surface area (Å²) in [6.45, 7) is 0.501. The normalized spacial score (nSPS) is 10.4. The van der Waals surface area contributed by atoms with Gasteiger partial charge in [0.05, 0.1) is 27.9 Å². The van der Waals surface area contributed by atoms with E-state index in [0.29, 0.717) is 32.3 Å². The topological polar surface area (TPSA) is 21.3 Å². The van der Waals surface area contributed by atoms with E-state index < -0.39 is 0 Å². The molecule has 0 aliphatic rings. The van der Waals surface area contributed by atoms with Crippen molar-refractivity contribution >= 4 is 52.1 Å². The van der Waals surface area contributed by atoms with Gasteiger partial charge in [0.25, 0.3) is 0 Å². The Morgan fingerprint density at radius 3 is 2.35 bits per heavy atom. The second-order valence-corrected chi connectivity index (χ2v) is 5.71. The summed E-state index contributed by atoms with van der Waals surface area (Å²) >= 11 is 24.0. The smallest absolute Gasteiger partial charge is 0.123 e. The van der Waals surface area contributed by atoms with E-state index >= 15 is 0 Å². The molecular formula is C14H11Cl4NO. The highest BCUT2D eigenvalue weighted by molar-refractivity contribution is 6.44. The first-order valence-electron chi connectivity index (χ1n) is 5.72. The van der Waals surface area contributed by atoms with Crippen molar-refractivity contribution in [1.82, 2.24) is 0 Å². The van der Waals surface area contributed by atoms with E-state index in [0.717, 1.165) is 11.3 Å². The molecule has 2 rings (SSSR count). The molecule has 0 aliphatic carbocycles. The molecule has 0 saturated carbocycles. The Balaban J connectivity index is 2.21. The molecule has 0 amide bonds. The van der Waals surface area contributed by atoms with Gasteiger partial charge in [-0.3, -0.25) is 0 Å². The van der Waals surface area contributed by atoms with Crippen molar-refractivity contribution in [2.45, 2.75) is 6.54 Å². The molecule has 2 nitrogen and oxygen atoms in total. The largest absolute Gasteiger partial charge is 0.496 e. The number of hydrogen-bond donors (Lipinski definition) is 1. The fraction of sp³-hybridized carbons (Fsp3) is 0.143. The fourth-order valence-electron chi connectivity index (χ4n) is 1.73. The van der Waals surface area contributed by atoms with E-state index in [1.54, 1.807) is 25.3 Å². The summed E-state index contributed by atoms with van der Waals surface area (Å²) in [4.78, 5) is 0. The van der Waals surface area contributed by atoms with Crippen LogP contribution in [0, 0.1) is 0 Å². The van der Waals surface area contributed by atoms with Crippen molar-refractivity contribution in [3.63, 3.8) is 0 Å². The molecular weight excluding hydrogens is 340 g/mol. The third-order valence-corrected chi connectivity index (χ3v) is 3.99. The van der Waals surface area contributed by atoms with Crippen molar-refractivity contribution in [3.8, 4) is 5.75 Å². The first kappa shape index (κ1) is 15.6. The molecule has 2 aromatic rings. The summed E-state index contributed by atoms with van der Waals surface area (Å²) in [5.41, 5.74) is 1.62. The zero-order valence-corrected chi connectivity index (χ0v) is 13.5. The Labute approximate surface area is 137 Å². The number of benzene rings is 2. The zero-order chi connectivity index (χ0) is 14.7. The molecule has 2 aromatic carbocycles. The molecule has 0 unspecified atom stereocenters. The van der Waals surface area contributed by atoms with E-state index in [9.17, 15) is 0 Å². The highest BCUT2D eigenvalue weighted by Gasteiger charge is 2.08. The minimum absolute atomic E-state index is 0.419. The molecule has 6 heteroatoms. The monoisotopic (exact) mass is 349 g/mol. The third-order valence-electron chi connectivity index (χ3n) is 2.72. The van der Waals surface area contributed by atoms with Crippen LogP contribution >= 0.6 is 46.4 Å². The van der Waals surface area contributed by atoms with Gasteiger partial charge in [0.2, 0.25) is 0 Å². The quantitative estimate of drug-likeness (QED) is 0.691. The standard InChI is InChI=1S/C14H11Cl4NO/c1-20-14-3-2-9(15)4-8(14)7-19-13-6-11(17)10(16)5-12(13)18/h2-6,19H,7H2,1H3. The van der Waals surface area contributed by atoms with Crippen LogP contribution in [0.2, 0.25) is 20.1 Å². The molecule has 0 spiro atoms. The number of ether oxygens (including phenoxy) is 1. The van der Waals surface area contributed by atoms with Gasteiger partial charge in [-0.15, -0.1) is 0 Å². The number of rotatable bonds is 4. The lowest BCUT2D eigenvalue weighted by Crippen LogP contribution is -2.02. The number of halogens is 4. The van der Waals surface area contributed by atoms with Gasteiger partial charge in [-0.05, 0) is 30.3 Å². The number of nitrogens with one attached hydrogen (secondary N) is 1. The Morgan fingerprint density at radius 1 is 0.950 bits per heavy atom. The molecule has 0 atom stereocenters. The lowest BCUT2D eigenvalue weighted by atomic mass is 10.2. The molecule has 0 aromatic heterocycles. The van der Waals surface area contributed by atoms with Crippen molar-refractivity contribution in [1.29, 1.82) is 0 Å². The van der Waals surface area contributed by atoms with E-state index in [1.807, 2.05) is 12.1 Å². The van der Waals surface area contributed by atoms with Crippen molar-refractivity contribution in [2.75, 3.05) is 12.4 Å². The van der Waals surface area contributed by atoms with Crippen LogP contribution in [-0.2, 0) is 6.54 Å². The average molecular weight is 351 g/mol. The van der Waals surface area contributed by atoms with E-state index in [2.05, 4.69) is 5.32 Å². The van der Waals surface area contributed by atoms with Gasteiger partial charge in [-0.25, -0.2) is 0 Å². The van der Waals surface area contributed by atoms with Gasteiger partial charge in [0.15, 0.2) is 0 Å². The lowest BCUT2D eigenvalue weighted by molar-refractivity contribution is 0.410. The fourth-order valence-corrected chi connectivity index (χ4v) is 2.54. The molecule has 0 radical (unpaired) electrons. The van der Waals surface area contributed by atoms with Gasteiger partial charge in [-0.2, -0.15) is 0 Å². The molecule has 0 bridgehead atoms. The molecule has 20 heavy (non-hydrogen) atoms. The van der Waals surface area contributed by atoms with Gasteiger partial charge in [0.1, 0.15) is 5.75 Å². The van der Waals surface area contributed by atoms with Crippen LogP contribution < -0.4 is 10.1 Å². The summed E-state index contributed by atoms with van der Waals surface area (Å²) in [6.07, 6.45) is 0. The van der Waals surface area contributed by atoms with Crippen LogP contribution in [0.4, 0.5) is 5.69 Å². The van der Waals surface area contributed by atoms with Crippen molar-refractivity contribution < 1.29 is 4.74 Å². The average Bonchev–Trinajstić information content (AvgIpc) is 2.41. The number of anilines is 1. The van der Waals surface area contributed by atoms with Crippen LogP contribution in [0.3, 0.4) is 0 Å². The Kier molecular flexibility index (Phi) is 5.28. The number of methoxy groups -OCH3 is 1. The Morgan fingerprint density at radius 2 is 1.65 bits per heavy atom. The van der Waals surface area contributed by atoms with Crippen LogP contribution in [0.1, 0.15) is 5.56 Å². The first-order chi connectivity index (χ1) is 9.51. The second kappa shape index (κ2) is 6.77. The van der Waals surface area contributed by atoms with Crippen molar-refractivity contribution in [3.05, 3.63) is 56.0 Å². The van der Waals surface area contributed by atoms with E-state index in [-0.39, 0.29) is 0 Å². The predicted octanol–water partition coefficient (Wildman–Crippen LogP) is 5.92. The SMILES string of the molecule is COc1ccc(Cl)cc1CNc1cc(Cl)c(Cl)cc1Cl. The molecule has 0 saturated heterocycles. The van der Waals surface area contributed by atoms with Crippen LogP contribution in [0.25, 0.3) is 0 Å². The summed E-state index contributed by atoms with van der Waals surface area (Å²) in [5, 5.41) is 5.19.